The van der Waals surface area contributed by atoms with Crippen molar-refractivity contribution in [3.8, 4) is 17.2 Å². The van der Waals surface area contributed by atoms with Gasteiger partial charge in [-0.15, -0.1) is 0 Å². The highest BCUT2D eigenvalue weighted by atomic mass is 16.5. The Morgan fingerprint density at radius 2 is 1.84 bits per heavy atom. The Kier molecular flexibility index (Phi) is 6.46. The number of hydrogen-bond donors (Lipinski definition) is 1. The van der Waals surface area contributed by atoms with Crippen LogP contribution in [-0.2, 0) is 4.79 Å². The lowest BCUT2D eigenvalue weighted by molar-refractivity contribution is -0.130. The molecule has 0 atom stereocenters. The van der Waals surface area contributed by atoms with Crippen molar-refractivity contribution in [1.29, 1.82) is 0 Å². The highest BCUT2D eigenvalue weighted by molar-refractivity contribution is 6.21. The third-order valence-corrected chi connectivity index (χ3v) is 3.61. The Morgan fingerprint density at radius 3 is 2.48 bits per heavy atom. The molecule has 0 aromatic heterocycles. The van der Waals surface area contributed by atoms with Gasteiger partial charge < -0.3 is 19.3 Å². The van der Waals surface area contributed by atoms with Gasteiger partial charge in [0.1, 0.15) is 17.2 Å². The van der Waals surface area contributed by atoms with E-state index < -0.39 is 5.97 Å². The lowest BCUT2D eigenvalue weighted by Crippen LogP contribution is -2.03. The molecular formula is C20H22O5. The van der Waals surface area contributed by atoms with Crippen LogP contribution in [0.5, 0.6) is 17.2 Å². The molecule has 0 fully saturated rings. The standard InChI is InChI=1S/C20H22O5/c1-4-11-25-18-8-6-5-7-14(18)12-17(20(21)22)16-13-15(23-2)9-10-19(16)24-3/h5-10,12-13H,4,11H2,1-3H3,(H,21,22)/b17-12-. The van der Waals surface area contributed by atoms with E-state index in [2.05, 4.69) is 0 Å². The summed E-state index contributed by atoms with van der Waals surface area (Å²) >= 11 is 0. The summed E-state index contributed by atoms with van der Waals surface area (Å²) in [6.07, 6.45) is 2.46. The smallest absolute Gasteiger partial charge is 0.336 e. The average Bonchev–Trinajstić information content (AvgIpc) is 2.64. The van der Waals surface area contributed by atoms with Crippen LogP contribution in [0, 0.1) is 0 Å². The second-order valence-corrected chi connectivity index (χ2v) is 5.32. The first-order valence-electron chi connectivity index (χ1n) is 8.00. The molecule has 0 aliphatic heterocycles. The number of benzene rings is 2. The SMILES string of the molecule is CCCOc1ccccc1/C=C(\C(=O)O)c1cc(OC)ccc1OC. The highest BCUT2D eigenvalue weighted by Gasteiger charge is 2.17. The molecule has 0 saturated carbocycles. The maximum atomic E-state index is 11.9. The van der Waals surface area contributed by atoms with E-state index in [0.29, 0.717) is 35.0 Å². The van der Waals surface area contributed by atoms with Crippen LogP contribution in [0.15, 0.2) is 42.5 Å². The van der Waals surface area contributed by atoms with Gasteiger partial charge in [-0.3, -0.25) is 0 Å². The second-order valence-electron chi connectivity index (χ2n) is 5.32. The fraction of sp³-hybridized carbons (Fsp3) is 0.250. The summed E-state index contributed by atoms with van der Waals surface area (Å²) in [6, 6.07) is 12.4. The van der Waals surface area contributed by atoms with E-state index in [1.165, 1.54) is 14.2 Å². The van der Waals surface area contributed by atoms with Gasteiger partial charge in [0.2, 0.25) is 0 Å². The van der Waals surface area contributed by atoms with Crippen molar-refractivity contribution in [2.24, 2.45) is 0 Å². The molecule has 1 N–H and O–H groups in total. The Bertz CT molecular complexity index is 764. The topological polar surface area (TPSA) is 65.0 Å². The zero-order valence-electron chi connectivity index (χ0n) is 14.6. The molecule has 0 spiro atoms. The predicted octanol–water partition coefficient (Wildman–Crippen LogP) is 4.12. The molecule has 132 valence electrons. The minimum Gasteiger partial charge on any atom is -0.497 e. The molecule has 25 heavy (non-hydrogen) atoms. The van der Waals surface area contributed by atoms with Crippen molar-refractivity contribution in [3.63, 3.8) is 0 Å². The number of rotatable bonds is 8. The van der Waals surface area contributed by atoms with Crippen LogP contribution in [0.2, 0.25) is 0 Å². The summed E-state index contributed by atoms with van der Waals surface area (Å²) in [6.45, 7) is 2.58. The molecule has 2 aromatic carbocycles. The largest absolute Gasteiger partial charge is 0.497 e. The van der Waals surface area contributed by atoms with E-state index >= 15 is 0 Å². The van der Waals surface area contributed by atoms with Gasteiger partial charge in [0.05, 0.1) is 26.4 Å². The van der Waals surface area contributed by atoms with Gasteiger partial charge in [0, 0.05) is 11.1 Å². The normalized spacial score (nSPS) is 11.1. The van der Waals surface area contributed by atoms with Gasteiger partial charge in [-0.1, -0.05) is 25.1 Å². The number of carbonyl (C=O) groups is 1. The van der Waals surface area contributed by atoms with E-state index in [1.54, 1.807) is 24.3 Å². The molecule has 2 aromatic rings. The maximum absolute atomic E-state index is 11.9. The first-order valence-corrected chi connectivity index (χ1v) is 8.00. The molecular weight excluding hydrogens is 320 g/mol. The third kappa shape index (κ3) is 4.53. The first kappa shape index (κ1) is 18.4. The summed E-state index contributed by atoms with van der Waals surface area (Å²) in [5.41, 5.74) is 1.24. The number of ether oxygens (including phenoxy) is 3. The lowest BCUT2D eigenvalue weighted by Gasteiger charge is -2.13. The number of aliphatic carboxylic acids is 1. The lowest BCUT2D eigenvalue weighted by atomic mass is 10.0. The van der Waals surface area contributed by atoms with Crippen LogP contribution in [0.4, 0.5) is 0 Å². The Labute approximate surface area is 147 Å². The van der Waals surface area contributed by atoms with Gasteiger partial charge in [0.15, 0.2) is 0 Å². The van der Waals surface area contributed by atoms with Gasteiger partial charge in [-0.25, -0.2) is 4.79 Å². The summed E-state index contributed by atoms with van der Waals surface area (Å²) in [4.78, 5) is 11.9. The monoisotopic (exact) mass is 342 g/mol. The van der Waals surface area contributed by atoms with E-state index in [-0.39, 0.29) is 5.57 Å². The molecule has 0 saturated heterocycles. The molecule has 0 radical (unpaired) electrons. The summed E-state index contributed by atoms with van der Waals surface area (Å²) in [5.74, 6) is 0.599. The number of hydrogen-bond acceptors (Lipinski definition) is 4. The molecule has 0 heterocycles. The van der Waals surface area contributed by atoms with Crippen LogP contribution in [0.1, 0.15) is 24.5 Å². The van der Waals surface area contributed by atoms with E-state index in [4.69, 9.17) is 14.2 Å². The first-order chi connectivity index (χ1) is 12.1. The fourth-order valence-electron chi connectivity index (χ4n) is 2.38. The molecule has 2 rings (SSSR count). The number of carboxylic acid groups (broad SMARTS) is 1. The van der Waals surface area contributed by atoms with Crippen molar-refractivity contribution >= 4 is 17.6 Å². The fourth-order valence-corrected chi connectivity index (χ4v) is 2.38. The highest BCUT2D eigenvalue weighted by Crippen LogP contribution is 2.33. The van der Waals surface area contributed by atoms with Crippen LogP contribution >= 0.6 is 0 Å². The number of methoxy groups -OCH3 is 2. The molecule has 0 aliphatic carbocycles. The van der Waals surface area contributed by atoms with Gasteiger partial charge in [-0.2, -0.15) is 0 Å². The Morgan fingerprint density at radius 1 is 1.08 bits per heavy atom. The second kappa shape index (κ2) is 8.78. The zero-order valence-corrected chi connectivity index (χ0v) is 14.6. The third-order valence-electron chi connectivity index (χ3n) is 3.61. The number of carboxylic acids is 1. The molecule has 0 unspecified atom stereocenters. The minimum absolute atomic E-state index is 0.100. The maximum Gasteiger partial charge on any atom is 0.336 e. The minimum atomic E-state index is -1.06. The summed E-state index contributed by atoms with van der Waals surface area (Å²) in [7, 11) is 3.03. The predicted molar refractivity (Wildman–Crippen MR) is 97.3 cm³/mol. The average molecular weight is 342 g/mol. The Balaban J connectivity index is 2.56. The van der Waals surface area contributed by atoms with Crippen LogP contribution in [0.3, 0.4) is 0 Å². The van der Waals surface area contributed by atoms with Gasteiger partial charge in [0.25, 0.3) is 0 Å². The van der Waals surface area contributed by atoms with E-state index in [0.717, 1.165) is 6.42 Å². The molecule has 0 aliphatic rings. The van der Waals surface area contributed by atoms with Gasteiger partial charge in [-0.05, 0) is 36.8 Å². The van der Waals surface area contributed by atoms with Crippen LogP contribution < -0.4 is 14.2 Å². The van der Waals surface area contributed by atoms with E-state index in [9.17, 15) is 9.90 Å². The Hall–Kier alpha value is -2.95. The summed E-state index contributed by atoms with van der Waals surface area (Å²) in [5, 5.41) is 9.73. The van der Waals surface area contributed by atoms with Crippen molar-refractivity contribution in [2.75, 3.05) is 20.8 Å². The van der Waals surface area contributed by atoms with Crippen molar-refractivity contribution in [3.05, 3.63) is 53.6 Å². The molecule has 0 bridgehead atoms. The van der Waals surface area contributed by atoms with Crippen molar-refractivity contribution < 1.29 is 24.1 Å². The quantitative estimate of drug-likeness (QED) is 0.577. The van der Waals surface area contributed by atoms with Crippen molar-refractivity contribution in [2.45, 2.75) is 13.3 Å². The van der Waals surface area contributed by atoms with Gasteiger partial charge >= 0.3 is 5.97 Å². The van der Waals surface area contributed by atoms with Crippen LogP contribution in [-0.4, -0.2) is 31.9 Å². The molecule has 5 heteroatoms. The van der Waals surface area contributed by atoms with Crippen molar-refractivity contribution in [1.82, 2.24) is 0 Å². The van der Waals surface area contributed by atoms with Crippen LogP contribution in [0.25, 0.3) is 11.6 Å². The summed E-state index contributed by atoms with van der Waals surface area (Å²) < 4.78 is 16.2. The number of para-hydroxylation sites is 1. The zero-order chi connectivity index (χ0) is 18.2. The molecule has 5 nitrogen and oxygen atoms in total. The molecule has 0 amide bonds. The van der Waals surface area contributed by atoms with E-state index in [1.807, 2.05) is 31.2 Å².